The van der Waals surface area contributed by atoms with Crippen LogP contribution in [0.3, 0.4) is 0 Å². The number of primary amides is 1. The van der Waals surface area contributed by atoms with Crippen molar-refractivity contribution in [2.24, 2.45) is 5.73 Å². The lowest BCUT2D eigenvalue weighted by atomic mass is 10.1. The lowest BCUT2D eigenvalue weighted by Gasteiger charge is -2.20. The van der Waals surface area contributed by atoms with Gasteiger partial charge in [0.05, 0.1) is 6.10 Å². The molecule has 19 heavy (non-hydrogen) atoms. The number of amides is 1. The molecule has 0 radical (unpaired) electrons. The normalized spacial score (nSPS) is 15.0. The summed E-state index contributed by atoms with van der Waals surface area (Å²) < 4.78 is 10.9. The number of nitrogens with two attached hydrogens (primary N) is 1. The van der Waals surface area contributed by atoms with Gasteiger partial charge < -0.3 is 25.6 Å². The highest BCUT2D eigenvalue weighted by atomic mass is 16.6. The topological polar surface area (TPSA) is 93.8 Å². The molecule has 0 saturated carbocycles. The third-order valence-electron chi connectivity index (χ3n) is 2.84. The molecule has 2 rings (SSSR count). The molecule has 6 nitrogen and oxygen atoms in total. The zero-order valence-electron chi connectivity index (χ0n) is 10.6. The molecule has 0 aliphatic carbocycles. The first-order valence-electron chi connectivity index (χ1n) is 6.23. The second-order valence-electron chi connectivity index (χ2n) is 4.34. The highest BCUT2D eigenvalue weighted by Gasteiger charge is 2.15. The Balaban J connectivity index is 1.88. The van der Waals surface area contributed by atoms with Gasteiger partial charge in [-0.15, -0.1) is 0 Å². The van der Waals surface area contributed by atoms with E-state index in [1.54, 1.807) is 18.2 Å². The minimum absolute atomic E-state index is 0.258. The van der Waals surface area contributed by atoms with Gasteiger partial charge in [0, 0.05) is 19.5 Å². The van der Waals surface area contributed by atoms with Crippen LogP contribution in [0.25, 0.3) is 0 Å². The highest BCUT2D eigenvalue weighted by molar-refractivity contribution is 5.73. The molecule has 4 N–H and O–H groups in total. The molecule has 1 unspecified atom stereocenters. The molecule has 1 amide bonds. The van der Waals surface area contributed by atoms with E-state index < -0.39 is 6.10 Å². The predicted octanol–water partition coefficient (Wildman–Crippen LogP) is -0.0438. The number of hydrogen-bond donors (Lipinski definition) is 3. The fourth-order valence-corrected chi connectivity index (χ4v) is 1.84. The third-order valence-corrected chi connectivity index (χ3v) is 2.84. The quantitative estimate of drug-likeness (QED) is 0.628. The van der Waals surface area contributed by atoms with E-state index in [1.165, 1.54) is 0 Å². The Hall–Kier alpha value is -1.79. The lowest BCUT2D eigenvalue weighted by Crippen LogP contribution is -2.26. The first kappa shape index (κ1) is 13.6. The Labute approximate surface area is 111 Å². The molecule has 1 aromatic carbocycles. The van der Waals surface area contributed by atoms with E-state index in [0.29, 0.717) is 37.8 Å². The largest absolute Gasteiger partial charge is 0.486 e. The highest BCUT2D eigenvalue weighted by Crippen LogP contribution is 2.32. The number of hydrogen-bond acceptors (Lipinski definition) is 5. The molecular weight excluding hydrogens is 248 g/mol. The molecule has 0 spiro atoms. The van der Waals surface area contributed by atoms with Gasteiger partial charge in [0.2, 0.25) is 5.91 Å². The summed E-state index contributed by atoms with van der Waals surface area (Å²) in [6, 6.07) is 5.36. The van der Waals surface area contributed by atoms with E-state index >= 15 is 0 Å². The van der Waals surface area contributed by atoms with Crippen LogP contribution in [0.2, 0.25) is 0 Å². The van der Waals surface area contributed by atoms with Crippen molar-refractivity contribution in [2.45, 2.75) is 12.5 Å². The van der Waals surface area contributed by atoms with Crippen molar-refractivity contribution in [2.75, 3.05) is 26.3 Å². The summed E-state index contributed by atoms with van der Waals surface area (Å²) in [6.45, 7) is 1.87. The molecule has 0 fully saturated rings. The van der Waals surface area contributed by atoms with Gasteiger partial charge in [-0.3, -0.25) is 4.79 Å². The summed E-state index contributed by atoms with van der Waals surface area (Å²) in [5, 5.41) is 13.0. The molecule has 0 saturated heterocycles. The van der Waals surface area contributed by atoms with Gasteiger partial charge in [-0.2, -0.15) is 0 Å². The minimum Gasteiger partial charge on any atom is -0.486 e. The standard InChI is InChI=1S/C13H18N2O4/c14-13(17)3-4-15-8-10(16)9-1-2-11-12(7-9)19-6-5-18-11/h1-2,7,10,15-16H,3-6,8H2,(H2,14,17). The Kier molecular flexibility index (Phi) is 4.59. The zero-order chi connectivity index (χ0) is 13.7. The Morgan fingerprint density at radius 1 is 1.37 bits per heavy atom. The van der Waals surface area contributed by atoms with E-state index in [1.807, 2.05) is 0 Å². The van der Waals surface area contributed by atoms with Crippen LogP contribution < -0.4 is 20.5 Å². The number of fused-ring (bicyclic) bond motifs is 1. The van der Waals surface area contributed by atoms with Crippen molar-refractivity contribution in [1.29, 1.82) is 0 Å². The van der Waals surface area contributed by atoms with Crippen LogP contribution in [-0.4, -0.2) is 37.3 Å². The molecule has 6 heteroatoms. The third kappa shape index (κ3) is 3.84. The molecule has 1 aliphatic rings. The Morgan fingerprint density at radius 2 is 2.11 bits per heavy atom. The van der Waals surface area contributed by atoms with E-state index in [0.717, 1.165) is 5.56 Å². The zero-order valence-corrected chi connectivity index (χ0v) is 10.6. The molecule has 0 aromatic heterocycles. The van der Waals surface area contributed by atoms with Gasteiger partial charge in [0.1, 0.15) is 13.2 Å². The second kappa shape index (κ2) is 6.40. The van der Waals surface area contributed by atoms with Crippen LogP contribution in [0.5, 0.6) is 11.5 Å². The molecule has 1 atom stereocenters. The predicted molar refractivity (Wildman–Crippen MR) is 69.1 cm³/mol. The van der Waals surface area contributed by atoms with Gasteiger partial charge in [-0.1, -0.05) is 6.07 Å². The first-order valence-corrected chi connectivity index (χ1v) is 6.23. The lowest BCUT2D eigenvalue weighted by molar-refractivity contribution is -0.117. The van der Waals surface area contributed by atoms with Crippen molar-refractivity contribution >= 4 is 5.91 Å². The Bertz CT molecular complexity index is 450. The van der Waals surface area contributed by atoms with E-state index in [4.69, 9.17) is 15.2 Å². The van der Waals surface area contributed by atoms with Crippen LogP contribution in [-0.2, 0) is 4.79 Å². The van der Waals surface area contributed by atoms with Crippen LogP contribution in [0.4, 0.5) is 0 Å². The number of aliphatic hydroxyl groups excluding tert-OH is 1. The van der Waals surface area contributed by atoms with Crippen LogP contribution in [0.1, 0.15) is 18.1 Å². The molecule has 1 heterocycles. The van der Waals surface area contributed by atoms with Gasteiger partial charge in [0.25, 0.3) is 0 Å². The van der Waals surface area contributed by atoms with Crippen molar-refractivity contribution in [3.05, 3.63) is 23.8 Å². The summed E-state index contributed by atoms with van der Waals surface area (Å²) >= 11 is 0. The first-order chi connectivity index (χ1) is 9.16. The average Bonchev–Trinajstić information content (AvgIpc) is 2.42. The molecule has 1 aromatic rings. The monoisotopic (exact) mass is 266 g/mol. The van der Waals surface area contributed by atoms with Crippen LogP contribution in [0, 0.1) is 0 Å². The summed E-state index contributed by atoms with van der Waals surface area (Å²) in [7, 11) is 0. The number of aliphatic hydroxyl groups is 1. The van der Waals surface area contributed by atoms with Gasteiger partial charge in [0.15, 0.2) is 11.5 Å². The minimum atomic E-state index is -0.663. The number of nitrogens with one attached hydrogen (secondary N) is 1. The molecule has 1 aliphatic heterocycles. The number of carbonyl (C=O) groups excluding carboxylic acids is 1. The van der Waals surface area contributed by atoms with E-state index in [-0.39, 0.29) is 12.3 Å². The van der Waals surface area contributed by atoms with Gasteiger partial charge in [-0.25, -0.2) is 0 Å². The fourth-order valence-electron chi connectivity index (χ4n) is 1.84. The van der Waals surface area contributed by atoms with E-state index in [9.17, 15) is 9.90 Å². The Morgan fingerprint density at radius 3 is 2.84 bits per heavy atom. The summed E-state index contributed by atoms with van der Waals surface area (Å²) in [5.74, 6) is 0.991. The smallest absolute Gasteiger partial charge is 0.218 e. The van der Waals surface area contributed by atoms with Crippen molar-refractivity contribution < 1.29 is 19.4 Å². The maximum absolute atomic E-state index is 10.6. The summed E-state index contributed by atoms with van der Waals surface area (Å²) in [4.78, 5) is 10.6. The van der Waals surface area contributed by atoms with Crippen LogP contribution >= 0.6 is 0 Å². The van der Waals surface area contributed by atoms with Gasteiger partial charge in [-0.05, 0) is 17.7 Å². The number of carbonyl (C=O) groups is 1. The maximum atomic E-state index is 10.6. The van der Waals surface area contributed by atoms with Crippen molar-refractivity contribution in [3.63, 3.8) is 0 Å². The van der Waals surface area contributed by atoms with Crippen molar-refractivity contribution in [1.82, 2.24) is 5.32 Å². The van der Waals surface area contributed by atoms with Crippen LogP contribution in [0.15, 0.2) is 18.2 Å². The summed E-state index contributed by atoms with van der Waals surface area (Å²) in [5.41, 5.74) is 5.77. The summed E-state index contributed by atoms with van der Waals surface area (Å²) in [6.07, 6.45) is -0.405. The average molecular weight is 266 g/mol. The number of rotatable bonds is 6. The SMILES string of the molecule is NC(=O)CCNCC(O)c1ccc2c(c1)OCCO2. The van der Waals surface area contributed by atoms with E-state index in [2.05, 4.69) is 5.32 Å². The van der Waals surface area contributed by atoms with Crippen molar-refractivity contribution in [3.8, 4) is 11.5 Å². The molecular formula is C13H18N2O4. The van der Waals surface area contributed by atoms with Gasteiger partial charge >= 0.3 is 0 Å². The maximum Gasteiger partial charge on any atom is 0.218 e. The second-order valence-corrected chi connectivity index (χ2v) is 4.34. The molecule has 104 valence electrons. The number of benzene rings is 1. The number of ether oxygens (including phenoxy) is 2. The fraction of sp³-hybridized carbons (Fsp3) is 0.462. The molecule has 0 bridgehead atoms.